The summed E-state index contributed by atoms with van der Waals surface area (Å²) in [6, 6.07) is 0.442. The van der Waals surface area contributed by atoms with Gasteiger partial charge in [-0.25, -0.2) is 0 Å². The Balaban J connectivity index is 1.84. The predicted octanol–water partition coefficient (Wildman–Crippen LogP) is 7.04. The normalized spacial score (nSPS) is 19.1. The summed E-state index contributed by atoms with van der Waals surface area (Å²) in [7, 11) is 2.17. The maximum absolute atomic E-state index is 10.3. The average Bonchev–Trinajstić information content (AvgIpc) is 2.66. The lowest BCUT2D eigenvalue weighted by Gasteiger charge is -2.30. The first-order valence-corrected chi connectivity index (χ1v) is 11.9. The van der Waals surface area contributed by atoms with Crippen molar-refractivity contribution in [1.29, 1.82) is 0 Å². The molecule has 1 N–H and O–H groups in total. The minimum absolute atomic E-state index is 0.134. The van der Waals surface area contributed by atoms with Crippen LogP contribution in [0.5, 0.6) is 0 Å². The third kappa shape index (κ3) is 14.1. The fraction of sp³-hybridized carbons (Fsp3) is 0.840. The van der Waals surface area contributed by atoms with Gasteiger partial charge in [0.05, 0.1) is 6.10 Å². The third-order valence-corrected chi connectivity index (χ3v) is 5.89. The zero-order valence-electron chi connectivity index (χ0n) is 18.4. The summed E-state index contributed by atoms with van der Waals surface area (Å²) >= 11 is 0. The molecule has 0 aromatic rings. The van der Waals surface area contributed by atoms with Crippen molar-refractivity contribution in [2.45, 2.75) is 122 Å². The van der Waals surface area contributed by atoms with Gasteiger partial charge in [0.2, 0.25) is 0 Å². The van der Waals surface area contributed by atoms with E-state index in [4.69, 9.17) is 0 Å². The number of unbranched alkanes of at least 4 members (excludes halogenated alkanes) is 11. The van der Waals surface area contributed by atoms with Gasteiger partial charge in [0.15, 0.2) is 0 Å². The molecule has 0 aromatic carbocycles. The zero-order chi connectivity index (χ0) is 19.6. The van der Waals surface area contributed by atoms with Gasteiger partial charge >= 0.3 is 0 Å². The topological polar surface area (TPSA) is 23.5 Å². The number of likely N-dealkylation sites (N-methyl/N-ethyl adjacent to an activating group) is 1. The minimum atomic E-state index is -0.134. The van der Waals surface area contributed by atoms with Gasteiger partial charge in [0, 0.05) is 12.6 Å². The van der Waals surface area contributed by atoms with Crippen LogP contribution in [0.3, 0.4) is 0 Å². The van der Waals surface area contributed by atoms with Gasteiger partial charge in [-0.3, -0.25) is 4.90 Å². The fourth-order valence-electron chi connectivity index (χ4n) is 3.95. The van der Waals surface area contributed by atoms with Crippen LogP contribution in [0.1, 0.15) is 110 Å². The zero-order valence-corrected chi connectivity index (χ0v) is 18.4. The third-order valence-electron chi connectivity index (χ3n) is 5.89. The molecule has 0 bridgehead atoms. The molecule has 0 aromatic heterocycles. The molecule has 0 saturated carbocycles. The Bertz CT molecular complexity index is 377. The highest BCUT2D eigenvalue weighted by atomic mass is 16.3. The minimum Gasteiger partial charge on any atom is -0.393 e. The molecular formula is C25H47NO. The van der Waals surface area contributed by atoms with E-state index >= 15 is 0 Å². The molecule has 0 aliphatic carbocycles. The van der Waals surface area contributed by atoms with E-state index in [1.807, 2.05) is 0 Å². The van der Waals surface area contributed by atoms with Crippen molar-refractivity contribution in [3.8, 4) is 0 Å². The Morgan fingerprint density at radius 2 is 1.52 bits per heavy atom. The maximum Gasteiger partial charge on any atom is 0.0558 e. The van der Waals surface area contributed by atoms with E-state index < -0.39 is 0 Å². The molecule has 0 fully saturated rings. The van der Waals surface area contributed by atoms with Crippen molar-refractivity contribution >= 4 is 0 Å². The second-order valence-corrected chi connectivity index (χ2v) is 8.53. The Morgan fingerprint density at radius 1 is 0.926 bits per heavy atom. The SMILES string of the molecule is CCCCCCCC/C=C\CCCCCCC[C@@H](O)C[C@@H]1C=CCCN1C. The number of nitrogens with zero attached hydrogens (tertiary/aromatic N) is 1. The number of aliphatic hydroxyl groups is 1. The summed E-state index contributed by atoms with van der Waals surface area (Å²) in [5.41, 5.74) is 0. The molecule has 1 rings (SSSR count). The number of hydrogen-bond acceptors (Lipinski definition) is 2. The summed E-state index contributed by atoms with van der Waals surface area (Å²) in [5, 5.41) is 10.3. The number of aliphatic hydroxyl groups excluding tert-OH is 1. The van der Waals surface area contributed by atoms with Crippen molar-refractivity contribution in [2.24, 2.45) is 0 Å². The molecule has 0 saturated heterocycles. The van der Waals surface area contributed by atoms with Crippen LogP contribution in [0.2, 0.25) is 0 Å². The van der Waals surface area contributed by atoms with Gasteiger partial charge in [-0.05, 0) is 52.0 Å². The molecule has 2 atom stereocenters. The van der Waals surface area contributed by atoms with E-state index in [9.17, 15) is 5.11 Å². The molecule has 1 aliphatic heterocycles. The highest BCUT2D eigenvalue weighted by Gasteiger charge is 2.17. The van der Waals surface area contributed by atoms with Crippen LogP contribution < -0.4 is 0 Å². The predicted molar refractivity (Wildman–Crippen MR) is 120 cm³/mol. The van der Waals surface area contributed by atoms with Crippen molar-refractivity contribution in [2.75, 3.05) is 13.6 Å². The fourth-order valence-corrected chi connectivity index (χ4v) is 3.95. The van der Waals surface area contributed by atoms with Gasteiger partial charge in [0.25, 0.3) is 0 Å². The van der Waals surface area contributed by atoms with Crippen LogP contribution in [-0.4, -0.2) is 35.7 Å². The number of allylic oxidation sites excluding steroid dienone is 2. The Kier molecular flexibility index (Phi) is 15.8. The van der Waals surface area contributed by atoms with Crippen molar-refractivity contribution in [1.82, 2.24) is 4.90 Å². The molecule has 27 heavy (non-hydrogen) atoms. The average molecular weight is 378 g/mol. The summed E-state index contributed by atoms with van der Waals surface area (Å²) < 4.78 is 0. The van der Waals surface area contributed by atoms with Crippen LogP contribution in [-0.2, 0) is 0 Å². The van der Waals surface area contributed by atoms with Gasteiger partial charge in [-0.15, -0.1) is 0 Å². The lowest BCUT2D eigenvalue weighted by molar-refractivity contribution is 0.116. The summed E-state index contributed by atoms with van der Waals surface area (Å²) in [5.74, 6) is 0. The van der Waals surface area contributed by atoms with E-state index in [0.29, 0.717) is 6.04 Å². The van der Waals surface area contributed by atoms with Gasteiger partial charge in [0.1, 0.15) is 0 Å². The monoisotopic (exact) mass is 377 g/mol. The molecular weight excluding hydrogens is 330 g/mol. The second kappa shape index (κ2) is 17.5. The first kappa shape index (κ1) is 24.4. The van der Waals surface area contributed by atoms with Gasteiger partial charge < -0.3 is 5.11 Å². The molecule has 1 heterocycles. The molecule has 1 aliphatic rings. The van der Waals surface area contributed by atoms with Crippen LogP contribution in [0.25, 0.3) is 0 Å². The molecule has 158 valence electrons. The lowest BCUT2D eigenvalue weighted by atomic mass is 9.99. The smallest absolute Gasteiger partial charge is 0.0558 e. The van der Waals surface area contributed by atoms with E-state index in [-0.39, 0.29) is 6.10 Å². The van der Waals surface area contributed by atoms with Crippen molar-refractivity contribution in [3.05, 3.63) is 24.3 Å². The molecule has 2 nitrogen and oxygen atoms in total. The highest BCUT2D eigenvalue weighted by molar-refractivity contribution is 4.99. The van der Waals surface area contributed by atoms with Crippen LogP contribution in [0.4, 0.5) is 0 Å². The second-order valence-electron chi connectivity index (χ2n) is 8.53. The van der Waals surface area contributed by atoms with E-state index in [1.54, 1.807) is 0 Å². The first-order chi connectivity index (χ1) is 13.2. The number of hydrogen-bond donors (Lipinski definition) is 1. The van der Waals surface area contributed by atoms with E-state index in [1.165, 1.54) is 83.5 Å². The van der Waals surface area contributed by atoms with Crippen LogP contribution >= 0.6 is 0 Å². The maximum atomic E-state index is 10.3. The lowest BCUT2D eigenvalue weighted by Crippen LogP contribution is -2.35. The highest BCUT2D eigenvalue weighted by Crippen LogP contribution is 2.17. The Hall–Kier alpha value is -0.600. The van der Waals surface area contributed by atoms with Crippen molar-refractivity contribution in [3.63, 3.8) is 0 Å². The largest absolute Gasteiger partial charge is 0.393 e. The van der Waals surface area contributed by atoms with E-state index in [0.717, 1.165) is 25.8 Å². The van der Waals surface area contributed by atoms with Crippen LogP contribution in [0, 0.1) is 0 Å². The quantitative estimate of drug-likeness (QED) is 0.217. The summed E-state index contributed by atoms with van der Waals surface area (Å²) in [4.78, 5) is 2.36. The van der Waals surface area contributed by atoms with Crippen molar-refractivity contribution < 1.29 is 5.11 Å². The molecule has 0 radical (unpaired) electrons. The molecule has 0 amide bonds. The number of rotatable bonds is 17. The van der Waals surface area contributed by atoms with Crippen LogP contribution in [0.15, 0.2) is 24.3 Å². The Labute approximate surface area is 170 Å². The Morgan fingerprint density at radius 3 is 2.15 bits per heavy atom. The van der Waals surface area contributed by atoms with Gasteiger partial charge in [-0.1, -0.05) is 89.0 Å². The van der Waals surface area contributed by atoms with E-state index in [2.05, 4.69) is 43.2 Å². The van der Waals surface area contributed by atoms with Gasteiger partial charge in [-0.2, -0.15) is 0 Å². The standard InChI is InChI=1S/C25H47NO/c1-3-4-5-6-7-8-9-10-11-12-13-14-15-16-17-21-25(27)23-24-20-18-19-22-26(24)2/h10-11,18,20,24-25,27H,3-9,12-17,19,21-23H2,1-2H3/b11-10-/t24-,25+/m0/s1. The molecule has 0 spiro atoms. The summed E-state index contributed by atoms with van der Waals surface area (Å²) in [6.07, 6.45) is 29.5. The first-order valence-electron chi connectivity index (χ1n) is 11.9. The molecule has 0 unspecified atom stereocenters. The molecule has 2 heteroatoms. The summed E-state index contributed by atoms with van der Waals surface area (Å²) in [6.45, 7) is 3.41.